The van der Waals surface area contributed by atoms with Crippen LogP contribution in [-0.2, 0) is 26.1 Å². The Hall–Kier alpha value is -2.42. The van der Waals surface area contributed by atoms with Gasteiger partial charge in [0.2, 0.25) is 0 Å². The summed E-state index contributed by atoms with van der Waals surface area (Å²) in [5, 5.41) is 9.34. The van der Waals surface area contributed by atoms with Gasteiger partial charge in [0.25, 0.3) is 5.91 Å². The quantitative estimate of drug-likeness (QED) is 0.261. The molecule has 0 saturated carbocycles. The Kier molecular flexibility index (Phi) is 14.8. The molecule has 0 bridgehead atoms. The second-order valence-electron chi connectivity index (χ2n) is 8.19. The van der Waals surface area contributed by atoms with E-state index in [-0.39, 0.29) is 70.7 Å². The smallest absolute Gasteiger partial charge is 0.479 e. The zero-order valence-electron chi connectivity index (χ0n) is 22.0. The molecule has 194 valence electrons. The first-order chi connectivity index (χ1) is 17.7. The summed E-state index contributed by atoms with van der Waals surface area (Å²) in [6.07, 6.45) is 3.92. The number of hydrogen-bond acceptors (Lipinski definition) is 6. The van der Waals surface area contributed by atoms with Crippen molar-refractivity contribution in [3.8, 4) is 5.75 Å². The van der Waals surface area contributed by atoms with Crippen LogP contribution in [0.15, 0.2) is 84.9 Å². The molecule has 0 unspecified atom stereocenters. The summed E-state index contributed by atoms with van der Waals surface area (Å²) in [6.45, 7) is 2.32. The normalized spacial score (nSPS) is 11.6. The molecule has 1 N–H and O–H groups in total. The van der Waals surface area contributed by atoms with Crippen LogP contribution in [0.3, 0.4) is 0 Å². The molecule has 8 nitrogen and oxygen atoms in total. The third kappa shape index (κ3) is 11.3. The van der Waals surface area contributed by atoms with Crippen LogP contribution in [0.1, 0.15) is 28.4 Å². The molecule has 3 aromatic carbocycles. The van der Waals surface area contributed by atoms with Crippen LogP contribution in [0.4, 0.5) is 5.69 Å². The Morgan fingerprint density at radius 1 is 0.949 bits per heavy atom. The molecule has 1 amide bonds. The Bertz CT molecular complexity index is 1330. The van der Waals surface area contributed by atoms with Crippen LogP contribution >= 0.6 is 0 Å². The van der Waals surface area contributed by atoms with Crippen molar-refractivity contribution < 1.29 is 32.0 Å². The molecule has 3 rings (SSSR count). The largest absolute Gasteiger partial charge is 2.00 e. The summed E-state index contributed by atoms with van der Waals surface area (Å²) >= 11 is 0. The summed E-state index contributed by atoms with van der Waals surface area (Å²) in [6, 6.07) is 22.6. The number of carbonyl (C=O) groups is 2. The van der Waals surface area contributed by atoms with Crippen molar-refractivity contribution in [1.29, 1.82) is 0 Å². The fourth-order valence-corrected chi connectivity index (χ4v) is 4.05. The number of anilines is 1. The van der Waals surface area contributed by atoms with Gasteiger partial charge in [-0.2, -0.15) is 8.42 Å². The zero-order chi connectivity index (χ0) is 26.8. The molecular formula is C28H29Mg2NO7S+4. The maximum absolute atomic E-state index is 13.3. The van der Waals surface area contributed by atoms with Crippen molar-refractivity contribution in [3.05, 3.63) is 102 Å². The second-order valence-corrected chi connectivity index (χ2v) is 9.77. The number of carbonyl (C=O) groups excluding carboxylic acids is 1. The van der Waals surface area contributed by atoms with E-state index < -0.39 is 22.2 Å². The second kappa shape index (κ2) is 16.6. The molecule has 0 fully saturated rings. The molecule has 0 radical (unpaired) electrons. The van der Waals surface area contributed by atoms with Gasteiger partial charge in [0.05, 0.1) is 6.26 Å². The average Bonchev–Trinajstić information content (AvgIpc) is 2.87. The molecule has 39 heavy (non-hydrogen) atoms. The maximum atomic E-state index is 13.3. The third-order valence-corrected chi connectivity index (χ3v) is 5.80. The van der Waals surface area contributed by atoms with Crippen molar-refractivity contribution >= 4 is 79.9 Å². The predicted molar refractivity (Wildman–Crippen MR) is 154 cm³/mol. The topological polar surface area (TPSA) is 110 Å². The number of rotatable bonds is 12. The minimum absolute atomic E-state index is 0. The third-order valence-electron chi connectivity index (χ3n) is 5.30. The molecule has 0 aliphatic carbocycles. The van der Waals surface area contributed by atoms with Gasteiger partial charge in [-0.15, -0.1) is 0 Å². The molecule has 0 aliphatic heterocycles. The van der Waals surface area contributed by atoms with Gasteiger partial charge in [0.15, 0.2) is 6.10 Å². The van der Waals surface area contributed by atoms with E-state index in [1.54, 1.807) is 84.6 Å². The van der Waals surface area contributed by atoms with Crippen molar-refractivity contribution in [3.63, 3.8) is 0 Å². The first-order valence-electron chi connectivity index (χ1n) is 11.6. The number of nitrogens with zero attached hydrogens (tertiary/aromatic N) is 1. The summed E-state index contributed by atoms with van der Waals surface area (Å²) in [5.41, 5.74) is 2.77. The Morgan fingerprint density at radius 2 is 1.56 bits per heavy atom. The molecule has 11 heteroatoms. The standard InChI is InChI=1S/C28H29NO7S.2Mg/c1-3-35-26(28(31)32)20-22-11-15-24(16-12-22)29(27(30)23-9-5-4-6-10-23)19-7-8-21-13-17-25(18-14-21)36-37(2,33)34;;/h4-18,26H,3,19-20H2,1-2H3,(H,31,32);;/q;2*+2/b8-7+;;/t26-;;/m1../s1. The fraction of sp³-hybridized carbons (Fsp3) is 0.214. The number of ether oxygens (including phenoxy) is 1. The van der Waals surface area contributed by atoms with E-state index in [2.05, 4.69) is 0 Å². The number of benzene rings is 3. The van der Waals surface area contributed by atoms with Crippen LogP contribution < -0.4 is 9.08 Å². The first-order valence-corrected chi connectivity index (χ1v) is 13.4. The van der Waals surface area contributed by atoms with Gasteiger partial charge in [-0.1, -0.05) is 54.6 Å². The SMILES string of the molecule is CCO[C@H](Cc1ccc(N(C/C=C/c2ccc(OS(C)(=O)=O)cc2)C(=O)c2ccccc2)cc1)C(=O)O.[Mg+2].[Mg+2]. The monoisotopic (exact) mass is 571 g/mol. The van der Waals surface area contributed by atoms with Crippen LogP contribution in [0.2, 0.25) is 0 Å². The predicted octanol–water partition coefficient (Wildman–Crippen LogP) is 3.66. The number of carboxylic acids is 1. The van der Waals surface area contributed by atoms with E-state index >= 15 is 0 Å². The van der Waals surface area contributed by atoms with E-state index in [4.69, 9.17) is 8.92 Å². The first kappa shape index (κ1) is 34.6. The summed E-state index contributed by atoms with van der Waals surface area (Å²) in [7, 11) is -3.60. The zero-order valence-corrected chi connectivity index (χ0v) is 25.7. The molecular weight excluding hydrogens is 543 g/mol. The molecule has 1 atom stereocenters. The van der Waals surface area contributed by atoms with Gasteiger partial charge in [0.1, 0.15) is 5.75 Å². The van der Waals surface area contributed by atoms with Gasteiger partial charge in [-0.25, -0.2) is 4.79 Å². The summed E-state index contributed by atoms with van der Waals surface area (Å²) < 4.78 is 32.7. The van der Waals surface area contributed by atoms with Crippen LogP contribution in [-0.4, -0.2) is 97.0 Å². The van der Waals surface area contributed by atoms with Crippen molar-refractivity contribution in [1.82, 2.24) is 0 Å². The molecule has 0 heterocycles. The Balaban J connectivity index is 0.00000380. The minimum atomic E-state index is -3.60. The van der Waals surface area contributed by atoms with E-state index in [1.807, 2.05) is 18.2 Å². The van der Waals surface area contributed by atoms with Crippen LogP contribution in [0.25, 0.3) is 6.08 Å². The summed E-state index contributed by atoms with van der Waals surface area (Å²) in [5.74, 6) is -0.990. The van der Waals surface area contributed by atoms with E-state index in [1.165, 1.54) is 0 Å². The Labute approximate surface area is 261 Å². The molecule has 0 saturated heterocycles. The number of carboxylic acid groups (broad SMARTS) is 1. The van der Waals surface area contributed by atoms with Crippen molar-refractivity contribution in [2.24, 2.45) is 0 Å². The van der Waals surface area contributed by atoms with Gasteiger partial charge < -0.3 is 18.9 Å². The fourth-order valence-electron chi connectivity index (χ4n) is 3.59. The van der Waals surface area contributed by atoms with E-state index in [9.17, 15) is 23.1 Å². The average molecular weight is 572 g/mol. The van der Waals surface area contributed by atoms with Gasteiger partial charge >= 0.3 is 62.2 Å². The number of amides is 1. The number of aliphatic carboxylic acids is 1. The van der Waals surface area contributed by atoms with Crippen LogP contribution in [0.5, 0.6) is 5.75 Å². The number of hydrogen-bond donors (Lipinski definition) is 1. The van der Waals surface area contributed by atoms with Gasteiger partial charge in [-0.3, -0.25) is 4.79 Å². The summed E-state index contributed by atoms with van der Waals surface area (Å²) in [4.78, 5) is 26.4. The van der Waals surface area contributed by atoms with Gasteiger partial charge in [-0.05, 0) is 54.4 Å². The molecule has 3 aromatic rings. The van der Waals surface area contributed by atoms with Crippen LogP contribution in [0, 0.1) is 0 Å². The molecule has 0 spiro atoms. The van der Waals surface area contributed by atoms with Crippen molar-refractivity contribution in [2.75, 3.05) is 24.3 Å². The van der Waals surface area contributed by atoms with Gasteiger partial charge in [0, 0.05) is 30.8 Å². The minimum Gasteiger partial charge on any atom is -0.479 e. The van der Waals surface area contributed by atoms with E-state index in [0.29, 0.717) is 17.9 Å². The molecule has 0 aliphatic rings. The maximum Gasteiger partial charge on any atom is 2.00 e. The van der Waals surface area contributed by atoms with E-state index in [0.717, 1.165) is 17.4 Å². The van der Waals surface area contributed by atoms with Crippen molar-refractivity contribution in [2.45, 2.75) is 19.4 Å². The Morgan fingerprint density at radius 3 is 2.10 bits per heavy atom. The molecule has 0 aromatic heterocycles.